The Morgan fingerprint density at radius 3 is 2.31 bits per heavy atom. The molecule has 1 aromatic heterocycles. The average molecular weight is 524 g/mol. The molecule has 2 heterocycles. The Morgan fingerprint density at radius 1 is 1.00 bits per heavy atom. The third-order valence-corrected chi connectivity index (χ3v) is 7.02. The second kappa shape index (κ2) is 10.4. The maximum absolute atomic E-state index is 13.8. The van der Waals surface area contributed by atoms with Crippen molar-refractivity contribution in [3.63, 3.8) is 0 Å². The van der Waals surface area contributed by atoms with Crippen LogP contribution in [0.15, 0.2) is 72.8 Å². The number of nitrogens with two attached hydrogens (primary N) is 1. The van der Waals surface area contributed by atoms with E-state index in [4.69, 9.17) is 10.5 Å². The van der Waals surface area contributed by atoms with Crippen LogP contribution in [-0.2, 0) is 17.8 Å². The summed E-state index contributed by atoms with van der Waals surface area (Å²) in [6.45, 7) is 2.43. The van der Waals surface area contributed by atoms with Crippen LogP contribution in [0, 0.1) is 0 Å². The molecule has 9 nitrogen and oxygen atoms in total. The number of ether oxygens (including phenoxy) is 1. The Bertz CT molecular complexity index is 1560. The van der Waals surface area contributed by atoms with Gasteiger partial charge in [0.25, 0.3) is 11.8 Å². The van der Waals surface area contributed by atoms with Crippen LogP contribution in [-0.4, -0.2) is 53.1 Å². The molecule has 0 fully saturated rings. The number of hydrogen-bond donors (Lipinski definition) is 1. The van der Waals surface area contributed by atoms with Crippen molar-refractivity contribution in [1.82, 2.24) is 14.7 Å². The predicted molar refractivity (Wildman–Crippen MR) is 148 cm³/mol. The van der Waals surface area contributed by atoms with Crippen LogP contribution in [0.25, 0.3) is 16.8 Å². The Kier molecular flexibility index (Phi) is 6.89. The molecule has 1 aliphatic heterocycles. The van der Waals surface area contributed by atoms with Gasteiger partial charge in [0.05, 0.1) is 12.8 Å². The molecule has 198 valence electrons. The fourth-order valence-electron chi connectivity index (χ4n) is 4.84. The largest absolute Gasteiger partial charge is 0.497 e. The van der Waals surface area contributed by atoms with Gasteiger partial charge in [-0.1, -0.05) is 36.4 Å². The SMILES string of the molecule is COc1ccc(-n2nc(C(N)=O)c3c2C(=O)N(c2ccc(-c4ccccc4CN(C)C(C)=O)cc2)CC3)cc1. The van der Waals surface area contributed by atoms with Gasteiger partial charge in [-0.2, -0.15) is 5.10 Å². The van der Waals surface area contributed by atoms with Gasteiger partial charge in [-0.3, -0.25) is 14.4 Å². The molecule has 0 radical (unpaired) electrons. The van der Waals surface area contributed by atoms with Crippen LogP contribution in [0.3, 0.4) is 0 Å². The van der Waals surface area contributed by atoms with Gasteiger partial charge < -0.3 is 20.3 Å². The molecule has 4 aromatic rings. The topological polar surface area (TPSA) is 111 Å². The van der Waals surface area contributed by atoms with E-state index in [0.717, 1.165) is 22.4 Å². The van der Waals surface area contributed by atoms with Gasteiger partial charge in [-0.25, -0.2) is 4.68 Å². The van der Waals surface area contributed by atoms with Crippen LogP contribution < -0.4 is 15.4 Å². The number of nitrogens with zero attached hydrogens (tertiary/aromatic N) is 4. The molecule has 3 aromatic carbocycles. The zero-order chi connectivity index (χ0) is 27.7. The maximum atomic E-state index is 13.8. The monoisotopic (exact) mass is 523 g/mol. The van der Waals surface area contributed by atoms with Crippen molar-refractivity contribution in [2.24, 2.45) is 5.73 Å². The minimum absolute atomic E-state index is 0.00324. The number of carbonyl (C=O) groups excluding carboxylic acids is 3. The van der Waals surface area contributed by atoms with E-state index in [1.165, 1.54) is 4.68 Å². The van der Waals surface area contributed by atoms with Crippen molar-refractivity contribution in [3.8, 4) is 22.6 Å². The van der Waals surface area contributed by atoms with Crippen molar-refractivity contribution in [3.05, 3.63) is 95.3 Å². The zero-order valence-electron chi connectivity index (χ0n) is 22.0. The number of carbonyl (C=O) groups is 3. The first-order chi connectivity index (χ1) is 18.8. The normalized spacial score (nSPS) is 12.7. The van der Waals surface area contributed by atoms with Crippen molar-refractivity contribution in [2.45, 2.75) is 19.9 Å². The van der Waals surface area contributed by atoms with Gasteiger partial charge in [0.15, 0.2) is 5.69 Å². The van der Waals surface area contributed by atoms with E-state index in [2.05, 4.69) is 5.10 Å². The summed E-state index contributed by atoms with van der Waals surface area (Å²) >= 11 is 0. The molecule has 39 heavy (non-hydrogen) atoms. The lowest BCUT2D eigenvalue weighted by molar-refractivity contribution is -0.128. The van der Waals surface area contributed by atoms with Crippen LogP contribution in [0.2, 0.25) is 0 Å². The highest BCUT2D eigenvalue weighted by atomic mass is 16.5. The fraction of sp³-hybridized carbons (Fsp3) is 0.200. The summed E-state index contributed by atoms with van der Waals surface area (Å²) in [6, 6.07) is 22.8. The third-order valence-electron chi connectivity index (χ3n) is 7.02. The van der Waals surface area contributed by atoms with E-state index in [1.54, 1.807) is 55.1 Å². The molecule has 0 saturated heterocycles. The van der Waals surface area contributed by atoms with Crippen LogP contribution in [0.5, 0.6) is 5.75 Å². The smallest absolute Gasteiger partial charge is 0.277 e. The van der Waals surface area contributed by atoms with E-state index in [1.807, 2.05) is 48.5 Å². The Hall–Kier alpha value is -4.92. The van der Waals surface area contributed by atoms with Gasteiger partial charge in [-0.05, 0) is 59.5 Å². The number of aromatic nitrogens is 2. The lowest BCUT2D eigenvalue weighted by atomic mass is 9.98. The molecule has 3 amide bonds. The molecule has 0 atom stereocenters. The number of benzene rings is 3. The van der Waals surface area contributed by atoms with E-state index < -0.39 is 5.91 Å². The Labute approximate surface area is 226 Å². The minimum Gasteiger partial charge on any atom is -0.497 e. The van der Waals surface area contributed by atoms with E-state index >= 15 is 0 Å². The molecule has 9 heteroatoms. The second-order valence-corrected chi connectivity index (χ2v) is 9.44. The molecular weight excluding hydrogens is 494 g/mol. The molecule has 2 N–H and O–H groups in total. The molecule has 0 saturated carbocycles. The van der Waals surface area contributed by atoms with Gasteiger partial charge in [0, 0.05) is 38.3 Å². The first-order valence-electron chi connectivity index (χ1n) is 12.6. The molecule has 0 spiro atoms. The predicted octanol–water partition coefficient (Wildman–Crippen LogP) is 3.83. The maximum Gasteiger partial charge on any atom is 0.277 e. The third kappa shape index (κ3) is 4.86. The van der Waals surface area contributed by atoms with E-state index in [9.17, 15) is 14.4 Å². The second-order valence-electron chi connectivity index (χ2n) is 9.44. The van der Waals surface area contributed by atoms with E-state index in [0.29, 0.717) is 42.2 Å². The van der Waals surface area contributed by atoms with Crippen molar-refractivity contribution >= 4 is 23.4 Å². The summed E-state index contributed by atoms with van der Waals surface area (Å²) in [5.41, 5.74) is 11.0. The number of methoxy groups -OCH3 is 1. The zero-order valence-corrected chi connectivity index (χ0v) is 22.0. The van der Waals surface area contributed by atoms with Gasteiger partial charge in [-0.15, -0.1) is 0 Å². The molecule has 0 bridgehead atoms. The summed E-state index contributed by atoms with van der Waals surface area (Å²) < 4.78 is 6.72. The quantitative estimate of drug-likeness (QED) is 0.396. The van der Waals surface area contributed by atoms with Crippen molar-refractivity contribution in [1.29, 1.82) is 0 Å². The number of rotatable bonds is 7. The summed E-state index contributed by atoms with van der Waals surface area (Å²) in [6.07, 6.45) is 0.442. The molecule has 0 unspecified atom stereocenters. The summed E-state index contributed by atoms with van der Waals surface area (Å²) in [4.78, 5) is 41.1. The van der Waals surface area contributed by atoms with Gasteiger partial charge in [0.2, 0.25) is 5.91 Å². The number of primary amides is 1. The number of fused-ring (bicyclic) bond motifs is 1. The van der Waals surface area contributed by atoms with Crippen LogP contribution in [0.1, 0.15) is 39.0 Å². The summed E-state index contributed by atoms with van der Waals surface area (Å²) in [5, 5.41) is 4.42. The van der Waals surface area contributed by atoms with Crippen molar-refractivity contribution < 1.29 is 19.1 Å². The number of hydrogen-bond acceptors (Lipinski definition) is 5. The van der Waals surface area contributed by atoms with E-state index in [-0.39, 0.29) is 17.5 Å². The molecule has 1 aliphatic rings. The fourth-order valence-corrected chi connectivity index (χ4v) is 4.84. The Morgan fingerprint density at radius 2 is 1.67 bits per heavy atom. The number of amides is 3. The highest BCUT2D eigenvalue weighted by Crippen LogP contribution is 2.31. The number of anilines is 1. The van der Waals surface area contributed by atoms with Crippen LogP contribution in [0.4, 0.5) is 5.69 Å². The Balaban J connectivity index is 1.47. The van der Waals surface area contributed by atoms with Gasteiger partial charge >= 0.3 is 0 Å². The van der Waals surface area contributed by atoms with Gasteiger partial charge in [0.1, 0.15) is 11.4 Å². The average Bonchev–Trinajstić information content (AvgIpc) is 3.35. The van der Waals surface area contributed by atoms with Crippen LogP contribution >= 0.6 is 0 Å². The summed E-state index contributed by atoms with van der Waals surface area (Å²) in [5.74, 6) is -0.268. The summed E-state index contributed by atoms with van der Waals surface area (Å²) in [7, 11) is 3.35. The lowest BCUT2D eigenvalue weighted by Crippen LogP contribution is -2.39. The highest BCUT2D eigenvalue weighted by Gasteiger charge is 2.34. The highest BCUT2D eigenvalue weighted by molar-refractivity contribution is 6.09. The molecule has 5 rings (SSSR count). The first kappa shape index (κ1) is 25.7. The first-order valence-corrected chi connectivity index (χ1v) is 12.6. The minimum atomic E-state index is -0.668. The van der Waals surface area contributed by atoms with Crippen molar-refractivity contribution in [2.75, 3.05) is 25.6 Å². The lowest BCUT2D eigenvalue weighted by Gasteiger charge is -2.28. The molecular formula is C30H29N5O4. The molecule has 0 aliphatic carbocycles. The standard InChI is InChI=1S/C30H29N5O4/c1-19(36)33(2)18-21-6-4-5-7-25(21)20-8-10-22(11-9-20)34-17-16-26-27(29(31)37)32-35(28(26)30(34)38)23-12-14-24(39-3)15-13-23/h4-15H,16-18H2,1-3H3,(H2,31,37).